The van der Waals surface area contributed by atoms with E-state index in [9.17, 15) is 10.1 Å². The van der Waals surface area contributed by atoms with Gasteiger partial charge >= 0.3 is 0 Å². The third-order valence-electron chi connectivity index (χ3n) is 4.81. The first kappa shape index (κ1) is 15.2. The van der Waals surface area contributed by atoms with E-state index in [4.69, 9.17) is 0 Å². The topological polar surface area (TPSA) is 57.0 Å². The van der Waals surface area contributed by atoms with Crippen molar-refractivity contribution in [2.45, 2.75) is 10.6 Å². The number of pyridine rings is 1. The lowest BCUT2D eigenvalue weighted by Crippen LogP contribution is -2.30. The summed E-state index contributed by atoms with van der Waals surface area (Å²) < 4.78 is 0. The molecule has 1 aromatic heterocycles. The van der Waals surface area contributed by atoms with Crippen LogP contribution in [0.1, 0.15) is 27.3 Å². The van der Waals surface area contributed by atoms with Crippen LogP contribution in [0.3, 0.4) is 0 Å². The highest BCUT2D eigenvalue weighted by Crippen LogP contribution is 2.57. The number of rotatable bonds is 1. The van der Waals surface area contributed by atoms with E-state index in [1.54, 1.807) is 18.0 Å². The first-order valence-electron chi connectivity index (χ1n) is 8.31. The summed E-state index contributed by atoms with van der Waals surface area (Å²) in [5.74, 6) is 0.0756. The summed E-state index contributed by atoms with van der Waals surface area (Å²) in [4.78, 5) is 19.7. The van der Waals surface area contributed by atoms with E-state index in [-0.39, 0.29) is 16.5 Å². The van der Waals surface area contributed by atoms with Gasteiger partial charge < -0.3 is 0 Å². The minimum absolute atomic E-state index is 0.0756. The molecular formula is C21H13N3OS. The number of nitrogens with zero attached hydrogens (tertiary/aromatic N) is 3. The fraction of sp³-hybridized carbons (Fsp3) is 0.0952. The summed E-state index contributed by atoms with van der Waals surface area (Å²) in [7, 11) is 0. The van der Waals surface area contributed by atoms with Crippen LogP contribution in [0.15, 0.2) is 66.9 Å². The maximum absolute atomic E-state index is 13.3. The molecular weight excluding hydrogens is 342 g/mol. The molecule has 0 spiro atoms. The van der Waals surface area contributed by atoms with Crippen LogP contribution in [0.4, 0.5) is 5.69 Å². The van der Waals surface area contributed by atoms with Gasteiger partial charge in [-0.1, -0.05) is 42.5 Å². The summed E-state index contributed by atoms with van der Waals surface area (Å²) in [6.45, 7) is 0. The Hall–Kier alpha value is -3.10. The number of thioether (sulfide) groups is 1. The number of hydrogen-bond donors (Lipinski definition) is 0. The van der Waals surface area contributed by atoms with E-state index in [0.29, 0.717) is 5.56 Å². The molecule has 2 unspecified atom stereocenters. The zero-order valence-corrected chi connectivity index (χ0v) is 14.5. The van der Waals surface area contributed by atoms with Crippen LogP contribution in [0, 0.1) is 11.3 Å². The molecule has 1 saturated heterocycles. The fourth-order valence-corrected chi connectivity index (χ4v) is 5.17. The number of anilines is 1. The van der Waals surface area contributed by atoms with Crippen molar-refractivity contribution in [1.82, 2.24) is 4.98 Å². The van der Waals surface area contributed by atoms with Gasteiger partial charge in [0.25, 0.3) is 0 Å². The molecule has 2 aromatic carbocycles. The maximum atomic E-state index is 13.3. The number of amides is 1. The summed E-state index contributed by atoms with van der Waals surface area (Å²) in [5.41, 5.74) is 5.11. The Morgan fingerprint density at radius 1 is 1.04 bits per heavy atom. The van der Waals surface area contributed by atoms with Crippen molar-refractivity contribution in [2.75, 3.05) is 4.90 Å². The normalized spacial score (nSPS) is 20.1. The van der Waals surface area contributed by atoms with E-state index >= 15 is 0 Å². The quantitative estimate of drug-likeness (QED) is 0.647. The van der Waals surface area contributed by atoms with Gasteiger partial charge in [-0.05, 0) is 23.8 Å². The Morgan fingerprint density at radius 2 is 1.81 bits per heavy atom. The Labute approximate surface area is 155 Å². The molecule has 2 bridgehead atoms. The first-order valence-corrected chi connectivity index (χ1v) is 9.25. The van der Waals surface area contributed by atoms with Gasteiger partial charge in [-0.25, -0.2) is 0 Å². The molecule has 1 fully saturated rings. The Bertz CT molecular complexity index is 1070. The van der Waals surface area contributed by atoms with Gasteiger partial charge in [0.05, 0.1) is 11.3 Å². The number of carbonyl (C=O) groups excluding carboxylic acids is 1. The lowest BCUT2D eigenvalue weighted by Gasteiger charge is -2.27. The van der Waals surface area contributed by atoms with Crippen LogP contribution in [0.2, 0.25) is 0 Å². The smallest absolute Gasteiger partial charge is 0.245 e. The van der Waals surface area contributed by atoms with E-state index in [1.807, 2.05) is 65.6 Å². The average molecular weight is 355 g/mol. The molecule has 0 saturated carbocycles. The number of aromatic nitrogens is 1. The zero-order valence-electron chi connectivity index (χ0n) is 13.7. The fourth-order valence-electron chi connectivity index (χ4n) is 3.66. The Morgan fingerprint density at radius 3 is 2.62 bits per heavy atom. The molecule has 5 rings (SSSR count). The minimum atomic E-state index is -0.267. The summed E-state index contributed by atoms with van der Waals surface area (Å²) in [6.07, 6.45) is 1.61. The average Bonchev–Trinajstić information content (AvgIpc) is 2.97. The molecule has 5 heteroatoms. The number of benzene rings is 2. The van der Waals surface area contributed by atoms with Crippen LogP contribution in [0.25, 0.3) is 11.3 Å². The Balaban J connectivity index is 1.79. The number of nitriles is 1. The maximum Gasteiger partial charge on any atom is 0.245 e. The molecule has 2 aliphatic heterocycles. The van der Waals surface area contributed by atoms with E-state index in [0.717, 1.165) is 28.1 Å². The van der Waals surface area contributed by atoms with E-state index in [2.05, 4.69) is 11.1 Å². The van der Waals surface area contributed by atoms with Gasteiger partial charge in [-0.3, -0.25) is 14.7 Å². The summed E-state index contributed by atoms with van der Waals surface area (Å²) >= 11 is 1.62. The van der Waals surface area contributed by atoms with Crippen molar-refractivity contribution in [3.05, 3.63) is 83.6 Å². The second kappa shape index (κ2) is 5.72. The van der Waals surface area contributed by atoms with Crippen LogP contribution in [-0.2, 0) is 4.79 Å². The molecule has 3 aromatic rings. The van der Waals surface area contributed by atoms with Crippen molar-refractivity contribution in [3.8, 4) is 17.3 Å². The second-order valence-electron chi connectivity index (χ2n) is 6.27. The van der Waals surface area contributed by atoms with E-state index in [1.165, 1.54) is 0 Å². The largest absolute Gasteiger partial charge is 0.294 e. The highest BCUT2D eigenvalue weighted by atomic mass is 32.2. The van der Waals surface area contributed by atoms with Crippen molar-refractivity contribution < 1.29 is 4.79 Å². The number of carbonyl (C=O) groups is 1. The second-order valence-corrected chi connectivity index (χ2v) is 7.46. The minimum Gasteiger partial charge on any atom is -0.294 e. The summed E-state index contributed by atoms with van der Waals surface area (Å²) in [6, 6.07) is 21.7. The third kappa shape index (κ3) is 2.09. The number of hydrogen-bond acceptors (Lipinski definition) is 4. The molecule has 124 valence electrons. The van der Waals surface area contributed by atoms with Crippen molar-refractivity contribution in [1.29, 1.82) is 5.26 Å². The van der Waals surface area contributed by atoms with Crippen LogP contribution >= 0.6 is 11.8 Å². The molecule has 3 heterocycles. The molecule has 26 heavy (non-hydrogen) atoms. The molecule has 0 N–H and O–H groups in total. The first-order chi connectivity index (χ1) is 12.8. The third-order valence-corrected chi connectivity index (χ3v) is 6.26. The number of fused-ring (bicyclic) bond motifs is 7. The standard InChI is InChI=1S/C21H13N3OS/c22-11-13-10-17-18(23-12-13)15-8-4-5-9-16(15)19-20(25)24(21(17)26-19)14-6-2-1-3-7-14/h1-10,12,19,21H. The highest BCUT2D eigenvalue weighted by molar-refractivity contribution is 8.01. The molecule has 2 atom stereocenters. The molecule has 0 radical (unpaired) electrons. The van der Waals surface area contributed by atoms with Gasteiger partial charge in [0.15, 0.2) is 0 Å². The zero-order chi connectivity index (χ0) is 17.7. The van der Waals surface area contributed by atoms with Gasteiger partial charge in [0, 0.05) is 23.0 Å². The Kier molecular flexibility index (Phi) is 3.34. The van der Waals surface area contributed by atoms with Gasteiger partial charge in [0.2, 0.25) is 5.91 Å². The monoisotopic (exact) mass is 355 g/mol. The summed E-state index contributed by atoms with van der Waals surface area (Å²) in [5, 5.41) is 8.87. The highest BCUT2D eigenvalue weighted by Gasteiger charge is 2.46. The van der Waals surface area contributed by atoms with Crippen LogP contribution < -0.4 is 4.90 Å². The van der Waals surface area contributed by atoms with Crippen LogP contribution in [-0.4, -0.2) is 10.9 Å². The number of para-hydroxylation sites is 1. The van der Waals surface area contributed by atoms with Gasteiger partial charge in [0.1, 0.15) is 16.7 Å². The molecule has 4 nitrogen and oxygen atoms in total. The SMILES string of the molecule is N#Cc1cnc2c(c1)C1SC(C(=O)N1c1ccccc1)c1ccccc1-2. The van der Waals surface area contributed by atoms with Crippen molar-refractivity contribution in [2.24, 2.45) is 0 Å². The lowest BCUT2D eigenvalue weighted by atomic mass is 9.94. The van der Waals surface area contributed by atoms with Crippen LogP contribution in [0.5, 0.6) is 0 Å². The predicted octanol–water partition coefficient (Wildman–Crippen LogP) is 4.45. The van der Waals surface area contributed by atoms with E-state index < -0.39 is 0 Å². The van der Waals surface area contributed by atoms with Crippen molar-refractivity contribution >= 4 is 23.4 Å². The van der Waals surface area contributed by atoms with Crippen molar-refractivity contribution in [3.63, 3.8) is 0 Å². The lowest BCUT2D eigenvalue weighted by molar-refractivity contribution is -0.117. The predicted molar refractivity (Wildman–Crippen MR) is 101 cm³/mol. The molecule has 0 aliphatic carbocycles. The molecule has 2 aliphatic rings. The van der Waals surface area contributed by atoms with Gasteiger partial charge in [-0.2, -0.15) is 5.26 Å². The van der Waals surface area contributed by atoms with Gasteiger partial charge in [-0.15, -0.1) is 11.8 Å². The molecule has 1 amide bonds.